The van der Waals surface area contributed by atoms with Gasteiger partial charge in [-0.25, -0.2) is 0 Å². The fourth-order valence-electron chi connectivity index (χ4n) is 4.29. The smallest absolute Gasteiger partial charge is 0.290 e. The van der Waals surface area contributed by atoms with Crippen LogP contribution in [0.25, 0.3) is 11.0 Å². The number of hydrogen-bond acceptors (Lipinski definition) is 4. The summed E-state index contributed by atoms with van der Waals surface area (Å²) < 4.78 is 5.98. The molecule has 0 saturated heterocycles. The van der Waals surface area contributed by atoms with E-state index in [1.165, 1.54) is 5.56 Å². The molecule has 2 aromatic carbocycles. The molecule has 5 nitrogen and oxygen atoms in total. The molecule has 0 fully saturated rings. The molecule has 4 rings (SSSR count). The Labute approximate surface area is 193 Å². The lowest BCUT2D eigenvalue weighted by atomic mass is 9.86. The summed E-state index contributed by atoms with van der Waals surface area (Å²) in [7, 11) is 4.01. The van der Waals surface area contributed by atoms with Crippen molar-refractivity contribution >= 4 is 28.5 Å². The second-order valence-electron chi connectivity index (χ2n) is 9.74. The molecule has 3 aromatic rings. The molecule has 1 aromatic heterocycles. The molecular formula is C26H29ClN2O3. The van der Waals surface area contributed by atoms with Crippen LogP contribution in [-0.2, 0) is 5.41 Å². The van der Waals surface area contributed by atoms with E-state index in [4.69, 9.17) is 16.0 Å². The largest absolute Gasteiger partial charge is 0.450 e. The Hall–Kier alpha value is -2.63. The van der Waals surface area contributed by atoms with Crippen molar-refractivity contribution in [2.75, 3.05) is 27.2 Å². The quantitative estimate of drug-likeness (QED) is 0.531. The summed E-state index contributed by atoms with van der Waals surface area (Å²) in [6.07, 6.45) is 0.794. The Morgan fingerprint density at radius 1 is 1.06 bits per heavy atom. The molecule has 0 radical (unpaired) electrons. The fraction of sp³-hybridized carbons (Fsp3) is 0.385. The number of rotatable bonds is 5. The number of benzene rings is 2. The minimum atomic E-state index is -0.478. The molecule has 1 aliphatic heterocycles. The predicted molar refractivity (Wildman–Crippen MR) is 129 cm³/mol. The fourth-order valence-corrected chi connectivity index (χ4v) is 4.46. The Morgan fingerprint density at radius 2 is 1.75 bits per heavy atom. The summed E-state index contributed by atoms with van der Waals surface area (Å²) in [5.74, 6) is -0.0998. The van der Waals surface area contributed by atoms with Crippen LogP contribution < -0.4 is 5.43 Å². The molecule has 0 saturated carbocycles. The topological polar surface area (TPSA) is 53.8 Å². The highest BCUT2D eigenvalue weighted by molar-refractivity contribution is 6.31. The first-order chi connectivity index (χ1) is 15.1. The first-order valence-electron chi connectivity index (χ1n) is 10.9. The van der Waals surface area contributed by atoms with E-state index in [1.807, 2.05) is 26.2 Å². The maximum absolute atomic E-state index is 13.5. The molecule has 1 unspecified atom stereocenters. The van der Waals surface area contributed by atoms with Gasteiger partial charge in [-0.1, -0.05) is 56.6 Å². The van der Waals surface area contributed by atoms with Crippen molar-refractivity contribution in [3.8, 4) is 0 Å². The zero-order valence-electron chi connectivity index (χ0n) is 19.2. The van der Waals surface area contributed by atoms with Crippen LogP contribution in [0.3, 0.4) is 0 Å². The monoisotopic (exact) mass is 452 g/mol. The van der Waals surface area contributed by atoms with Crippen LogP contribution in [-0.4, -0.2) is 42.9 Å². The van der Waals surface area contributed by atoms with Gasteiger partial charge in [0.2, 0.25) is 5.76 Å². The zero-order chi connectivity index (χ0) is 23.2. The lowest BCUT2D eigenvalue weighted by Crippen LogP contribution is -2.32. The van der Waals surface area contributed by atoms with E-state index in [-0.39, 0.29) is 22.5 Å². The standard InChI is InChI=1S/C26H29ClN2O3/c1-26(2,3)17-9-7-16(8-10-17)22-21-23(30)19-15-18(27)11-12-20(19)32-24(21)25(31)29(22)14-6-13-28(4)5/h7-12,15,22H,6,13-14H2,1-5H3. The van der Waals surface area contributed by atoms with Crippen molar-refractivity contribution in [2.24, 2.45) is 0 Å². The van der Waals surface area contributed by atoms with Gasteiger partial charge in [-0.3, -0.25) is 9.59 Å². The Balaban J connectivity index is 1.86. The van der Waals surface area contributed by atoms with Crippen LogP contribution in [0, 0.1) is 0 Å². The van der Waals surface area contributed by atoms with E-state index in [1.54, 1.807) is 23.1 Å². The third-order valence-corrected chi connectivity index (χ3v) is 6.26. The lowest BCUT2D eigenvalue weighted by molar-refractivity contribution is 0.0722. The number of amides is 1. The van der Waals surface area contributed by atoms with Crippen molar-refractivity contribution < 1.29 is 9.21 Å². The first-order valence-corrected chi connectivity index (χ1v) is 11.3. The van der Waals surface area contributed by atoms with Gasteiger partial charge in [-0.05, 0) is 61.8 Å². The minimum Gasteiger partial charge on any atom is -0.450 e. The highest BCUT2D eigenvalue weighted by Crippen LogP contribution is 2.39. The van der Waals surface area contributed by atoms with Crippen LogP contribution in [0.4, 0.5) is 0 Å². The van der Waals surface area contributed by atoms with Crippen molar-refractivity contribution in [3.05, 3.63) is 80.2 Å². The maximum atomic E-state index is 13.5. The van der Waals surface area contributed by atoms with Gasteiger partial charge in [-0.2, -0.15) is 0 Å². The number of halogens is 1. The normalized spacial score (nSPS) is 16.3. The summed E-state index contributed by atoms with van der Waals surface area (Å²) in [6.45, 7) is 7.86. The molecule has 1 amide bonds. The van der Waals surface area contributed by atoms with Gasteiger partial charge in [0.05, 0.1) is 17.0 Å². The zero-order valence-corrected chi connectivity index (χ0v) is 20.0. The average Bonchev–Trinajstić information content (AvgIpc) is 3.00. The first kappa shape index (κ1) is 22.6. The van der Waals surface area contributed by atoms with Gasteiger partial charge < -0.3 is 14.2 Å². The molecule has 32 heavy (non-hydrogen) atoms. The van der Waals surface area contributed by atoms with Crippen LogP contribution in [0.15, 0.2) is 51.7 Å². The molecule has 1 atom stereocenters. The molecule has 6 heteroatoms. The molecule has 0 spiro atoms. The van der Waals surface area contributed by atoms with Crippen molar-refractivity contribution in [1.82, 2.24) is 9.80 Å². The number of carbonyl (C=O) groups excluding carboxylic acids is 1. The molecule has 0 aliphatic carbocycles. The van der Waals surface area contributed by atoms with Gasteiger partial charge in [0.15, 0.2) is 5.43 Å². The summed E-state index contributed by atoms with van der Waals surface area (Å²) in [5, 5.41) is 0.860. The number of nitrogens with zero attached hydrogens (tertiary/aromatic N) is 2. The van der Waals surface area contributed by atoms with Crippen molar-refractivity contribution in [3.63, 3.8) is 0 Å². The maximum Gasteiger partial charge on any atom is 0.290 e. The van der Waals surface area contributed by atoms with Crippen LogP contribution in [0.1, 0.15) is 60.5 Å². The summed E-state index contributed by atoms with van der Waals surface area (Å²) >= 11 is 6.15. The van der Waals surface area contributed by atoms with Gasteiger partial charge in [0, 0.05) is 11.6 Å². The second kappa shape index (κ2) is 8.38. The van der Waals surface area contributed by atoms with Gasteiger partial charge in [0.1, 0.15) is 5.58 Å². The highest BCUT2D eigenvalue weighted by Gasteiger charge is 2.42. The SMILES string of the molecule is CN(C)CCCN1C(=O)c2oc3ccc(Cl)cc3c(=O)c2C1c1ccc(C(C)(C)C)cc1. The number of hydrogen-bond donors (Lipinski definition) is 0. The van der Waals surface area contributed by atoms with E-state index in [0.717, 1.165) is 18.5 Å². The Morgan fingerprint density at radius 3 is 2.38 bits per heavy atom. The van der Waals surface area contributed by atoms with Crippen molar-refractivity contribution in [1.29, 1.82) is 0 Å². The lowest BCUT2D eigenvalue weighted by Gasteiger charge is -2.26. The van der Waals surface area contributed by atoms with Crippen LogP contribution in [0.2, 0.25) is 5.02 Å². The van der Waals surface area contributed by atoms with Crippen LogP contribution >= 0.6 is 11.6 Å². The van der Waals surface area contributed by atoms with E-state index >= 15 is 0 Å². The molecule has 2 heterocycles. The van der Waals surface area contributed by atoms with Gasteiger partial charge in [0.25, 0.3) is 5.91 Å². The van der Waals surface area contributed by atoms with Crippen molar-refractivity contribution in [2.45, 2.75) is 38.6 Å². The third-order valence-electron chi connectivity index (χ3n) is 6.02. The Bertz CT molecular complexity index is 1220. The molecule has 0 N–H and O–H groups in total. The highest BCUT2D eigenvalue weighted by atomic mass is 35.5. The number of carbonyl (C=O) groups is 1. The van der Waals surface area contributed by atoms with E-state index in [2.05, 4.69) is 37.8 Å². The summed E-state index contributed by atoms with van der Waals surface area (Å²) in [4.78, 5) is 30.8. The second-order valence-corrected chi connectivity index (χ2v) is 10.2. The summed E-state index contributed by atoms with van der Waals surface area (Å²) in [5.41, 5.74) is 2.70. The van der Waals surface area contributed by atoms with Gasteiger partial charge in [-0.15, -0.1) is 0 Å². The van der Waals surface area contributed by atoms with Crippen LogP contribution in [0.5, 0.6) is 0 Å². The minimum absolute atomic E-state index is 0.0132. The summed E-state index contributed by atoms with van der Waals surface area (Å²) in [6, 6.07) is 12.6. The average molecular weight is 453 g/mol. The molecule has 168 valence electrons. The van der Waals surface area contributed by atoms with Gasteiger partial charge >= 0.3 is 0 Å². The Kier molecular flexibility index (Phi) is 5.91. The third kappa shape index (κ3) is 4.07. The number of fused-ring (bicyclic) bond motifs is 2. The molecule has 1 aliphatic rings. The molecule has 0 bridgehead atoms. The van der Waals surface area contributed by atoms with E-state index in [9.17, 15) is 9.59 Å². The molecular weight excluding hydrogens is 424 g/mol. The van der Waals surface area contributed by atoms with E-state index < -0.39 is 6.04 Å². The van der Waals surface area contributed by atoms with E-state index in [0.29, 0.717) is 28.1 Å². The predicted octanol–water partition coefficient (Wildman–Crippen LogP) is 5.24.